The Hall–Kier alpha value is -2.29. The van der Waals surface area contributed by atoms with Gasteiger partial charge in [-0.3, -0.25) is 4.79 Å². The highest BCUT2D eigenvalue weighted by atomic mass is 16.2. The van der Waals surface area contributed by atoms with E-state index in [4.69, 9.17) is 0 Å². The summed E-state index contributed by atoms with van der Waals surface area (Å²) >= 11 is 0. The number of hydrogen-bond donors (Lipinski definition) is 1. The van der Waals surface area contributed by atoms with E-state index in [2.05, 4.69) is 80.4 Å². The normalized spacial score (nSPS) is 19.2. The maximum absolute atomic E-state index is 12.9. The Bertz CT molecular complexity index is 784. The maximum atomic E-state index is 12.9. The van der Waals surface area contributed by atoms with Crippen LogP contribution in [0.2, 0.25) is 0 Å². The summed E-state index contributed by atoms with van der Waals surface area (Å²) in [5, 5.41) is 3.73. The van der Waals surface area contributed by atoms with E-state index in [1.165, 1.54) is 22.4 Å². The first-order valence-corrected chi connectivity index (χ1v) is 9.76. The monoisotopic (exact) mass is 350 g/mol. The van der Waals surface area contributed by atoms with Crippen molar-refractivity contribution in [3.63, 3.8) is 0 Å². The summed E-state index contributed by atoms with van der Waals surface area (Å²) in [5.74, 6) is 0.254. The largest absolute Gasteiger partial charge is 0.378 e. The van der Waals surface area contributed by atoms with Gasteiger partial charge in [-0.05, 0) is 56.4 Å². The second-order valence-electron chi connectivity index (χ2n) is 7.48. The van der Waals surface area contributed by atoms with Crippen molar-refractivity contribution in [2.75, 3.05) is 10.2 Å². The zero-order chi connectivity index (χ0) is 18.7. The minimum Gasteiger partial charge on any atom is -0.378 e. The number of hydrogen-bond acceptors (Lipinski definition) is 2. The molecule has 0 bridgehead atoms. The van der Waals surface area contributed by atoms with Gasteiger partial charge in [0.05, 0.1) is 11.7 Å². The van der Waals surface area contributed by atoms with Gasteiger partial charge in [-0.25, -0.2) is 0 Å². The first kappa shape index (κ1) is 18.5. The van der Waals surface area contributed by atoms with E-state index in [1.807, 2.05) is 0 Å². The zero-order valence-corrected chi connectivity index (χ0v) is 16.4. The van der Waals surface area contributed by atoms with E-state index >= 15 is 0 Å². The molecule has 26 heavy (non-hydrogen) atoms. The van der Waals surface area contributed by atoms with Gasteiger partial charge in [0.2, 0.25) is 5.91 Å². The number of rotatable bonds is 5. The second kappa shape index (κ2) is 7.94. The fourth-order valence-corrected chi connectivity index (χ4v) is 3.96. The predicted octanol–water partition coefficient (Wildman–Crippen LogP) is 5.77. The van der Waals surface area contributed by atoms with Crippen LogP contribution in [0.1, 0.15) is 62.3 Å². The van der Waals surface area contributed by atoms with Gasteiger partial charge in [0, 0.05) is 18.2 Å². The summed E-state index contributed by atoms with van der Waals surface area (Å²) in [5.41, 5.74) is 5.93. The molecule has 1 amide bonds. The van der Waals surface area contributed by atoms with Crippen LogP contribution in [0.25, 0.3) is 0 Å². The lowest BCUT2D eigenvalue weighted by Gasteiger charge is -2.41. The van der Waals surface area contributed by atoms with E-state index in [0.717, 1.165) is 24.9 Å². The zero-order valence-electron chi connectivity index (χ0n) is 16.4. The number of carbonyl (C=O) groups is 1. The molecule has 0 radical (unpaired) electrons. The van der Waals surface area contributed by atoms with Crippen molar-refractivity contribution in [3.8, 4) is 0 Å². The van der Waals surface area contributed by atoms with Crippen LogP contribution in [0.5, 0.6) is 0 Å². The van der Waals surface area contributed by atoms with E-state index in [0.29, 0.717) is 6.42 Å². The summed E-state index contributed by atoms with van der Waals surface area (Å²) in [4.78, 5) is 15.0. The first-order chi connectivity index (χ1) is 12.5. The number of nitrogens with zero attached hydrogens (tertiary/aromatic N) is 1. The lowest BCUT2D eigenvalue weighted by atomic mass is 9.89. The van der Waals surface area contributed by atoms with Gasteiger partial charge in [-0.2, -0.15) is 0 Å². The van der Waals surface area contributed by atoms with Crippen molar-refractivity contribution in [1.29, 1.82) is 0 Å². The topological polar surface area (TPSA) is 32.3 Å². The minimum atomic E-state index is 0.189. The van der Waals surface area contributed by atoms with Crippen LogP contribution in [0, 0.1) is 13.8 Å². The molecule has 0 saturated heterocycles. The standard InChI is InChI=1S/C23H30N2O/c1-5-6-14-22(26)25-18(4)15-21(19-12-9-11-17(3)23(19)25)24-20-13-8-7-10-16(20)2/h7-13,18,21,24H,5-6,14-15H2,1-4H3. The highest BCUT2D eigenvalue weighted by molar-refractivity contribution is 5.96. The number of carbonyl (C=O) groups excluding carboxylic acids is 1. The Balaban J connectivity index is 1.97. The Morgan fingerprint density at radius 3 is 2.58 bits per heavy atom. The summed E-state index contributed by atoms with van der Waals surface area (Å²) in [6.07, 6.45) is 3.55. The molecular formula is C23H30N2O. The van der Waals surface area contributed by atoms with Crippen LogP contribution in [0.4, 0.5) is 11.4 Å². The van der Waals surface area contributed by atoms with Crippen molar-refractivity contribution in [2.24, 2.45) is 0 Å². The van der Waals surface area contributed by atoms with Crippen molar-refractivity contribution < 1.29 is 4.79 Å². The molecule has 0 spiro atoms. The van der Waals surface area contributed by atoms with Gasteiger partial charge >= 0.3 is 0 Å². The summed E-state index contributed by atoms with van der Waals surface area (Å²) in [7, 11) is 0. The SMILES string of the molecule is CCCCC(=O)N1c2c(C)cccc2C(Nc2ccccc2C)CC1C. The van der Waals surface area contributed by atoms with Crippen molar-refractivity contribution in [1.82, 2.24) is 0 Å². The fraction of sp³-hybridized carbons (Fsp3) is 0.435. The number of para-hydroxylation sites is 2. The van der Waals surface area contributed by atoms with Gasteiger partial charge < -0.3 is 10.2 Å². The molecule has 1 N–H and O–H groups in total. The van der Waals surface area contributed by atoms with Crippen LogP contribution in [-0.4, -0.2) is 11.9 Å². The predicted molar refractivity (Wildman–Crippen MR) is 110 cm³/mol. The molecule has 2 atom stereocenters. The van der Waals surface area contributed by atoms with Gasteiger partial charge in [-0.15, -0.1) is 0 Å². The molecule has 3 heteroatoms. The van der Waals surface area contributed by atoms with Crippen molar-refractivity contribution >= 4 is 17.3 Å². The lowest BCUT2D eigenvalue weighted by Crippen LogP contribution is -2.44. The molecule has 3 nitrogen and oxygen atoms in total. The van der Waals surface area contributed by atoms with Gasteiger partial charge in [0.1, 0.15) is 0 Å². The van der Waals surface area contributed by atoms with Crippen LogP contribution < -0.4 is 10.2 Å². The smallest absolute Gasteiger partial charge is 0.227 e. The number of fused-ring (bicyclic) bond motifs is 1. The summed E-state index contributed by atoms with van der Waals surface area (Å²) < 4.78 is 0. The van der Waals surface area contributed by atoms with Crippen LogP contribution >= 0.6 is 0 Å². The van der Waals surface area contributed by atoms with E-state index in [1.54, 1.807) is 0 Å². The molecule has 2 unspecified atom stereocenters. The molecule has 0 aliphatic carbocycles. The highest BCUT2D eigenvalue weighted by Crippen LogP contribution is 2.41. The lowest BCUT2D eigenvalue weighted by molar-refractivity contribution is -0.119. The third kappa shape index (κ3) is 3.62. The molecule has 138 valence electrons. The number of unbranched alkanes of at least 4 members (excludes halogenated alkanes) is 1. The molecule has 0 aromatic heterocycles. The Kier molecular flexibility index (Phi) is 5.65. The Morgan fingerprint density at radius 2 is 1.85 bits per heavy atom. The molecule has 2 aromatic rings. The highest BCUT2D eigenvalue weighted by Gasteiger charge is 2.34. The summed E-state index contributed by atoms with van der Waals surface area (Å²) in [6, 6.07) is 15.2. The van der Waals surface area contributed by atoms with Crippen molar-refractivity contribution in [2.45, 2.75) is 65.5 Å². The number of anilines is 2. The average molecular weight is 351 g/mol. The Labute approximate surface area is 157 Å². The average Bonchev–Trinajstić information content (AvgIpc) is 2.62. The quantitative estimate of drug-likeness (QED) is 0.742. The molecular weight excluding hydrogens is 320 g/mol. The Morgan fingerprint density at radius 1 is 1.12 bits per heavy atom. The molecule has 1 aliphatic heterocycles. The number of aryl methyl sites for hydroxylation is 2. The van der Waals surface area contributed by atoms with E-state index in [9.17, 15) is 4.79 Å². The van der Waals surface area contributed by atoms with Crippen LogP contribution in [0.15, 0.2) is 42.5 Å². The van der Waals surface area contributed by atoms with Crippen LogP contribution in [-0.2, 0) is 4.79 Å². The van der Waals surface area contributed by atoms with Gasteiger partial charge in [-0.1, -0.05) is 49.7 Å². The molecule has 1 aliphatic rings. The first-order valence-electron chi connectivity index (χ1n) is 9.76. The molecule has 0 fully saturated rings. The summed E-state index contributed by atoms with van der Waals surface area (Å²) in [6.45, 7) is 8.55. The molecule has 3 rings (SSSR count). The fourth-order valence-electron chi connectivity index (χ4n) is 3.96. The van der Waals surface area contributed by atoms with Crippen molar-refractivity contribution in [3.05, 3.63) is 59.2 Å². The maximum Gasteiger partial charge on any atom is 0.227 e. The third-order valence-electron chi connectivity index (χ3n) is 5.39. The van der Waals surface area contributed by atoms with E-state index in [-0.39, 0.29) is 18.0 Å². The number of nitrogens with one attached hydrogen (secondary N) is 1. The molecule has 1 heterocycles. The van der Waals surface area contributed by atoms with Crippen LogP contribution in [0.3, 0.4) is 0 Å². The molecule has 2 aromatic carbocycles. The van der Waals surface area contributed by atoms with Gasteiger partial charge in [0.25, 0.3) is 0 Å². The minimum absolute atomic E-state index is 0.189. The van der Waals surface area contributed by atoms with E-state index < -0.39 is 0 Å². The third-order valence-corrected chi connectivity index (χ3v) is 5.39. The number of amides is 1. The molecule has 0 saturated carbocycles. The van der Waals surface area contributed by atoms with Gasteiger partial charge in [0.15, 0.2) is 0 Å². The number of benzene rings is 2. The second-order valence-corrected chi connectivity index (χ2v) is 7.48.